The first-order chi connectivity index (χ1) is 12.4. The number of nitrogens with zero attached hydrogens (tertiary/aromatic N) is 3. The first-order valence-electron chi connectivity index (χ1n) is 8.62. The van der Waals surface area contributed by atoms with E-state index in [0.29, 0.717) is 30.1 Å². The predicted molar refractivity (Wildman–Crippen MR) is 102 cm³/mol. The fourth-order valence-corrected chi connectivity index (χ4v) is 2.55. The molecule has 0 amide bonds. The van der Waals surface area contributed by atoms with E-state index in [2.05, 4.69) is 16.9 Å². The molecule has 0 spiro atoms. The van der Waals surface area contributed by atoms with E-state index in [1.54, 1.807) is 19.2 Å². The Bertz CT molecular complexity index is 804. The number of nitrogen functional groups attached to an aromatic ring is 1. The molecule has 138 valence electrons. The number of rotatable bonds is 8. The molecule has 1 fully saturated rings. The normalized spacial score (nSPS) is 14.7. The van der Waals surface area contributed by atoms with Gasteiger partial charge in [0.2, 0.25) is 0 Å². The summed E-state index contributed by atoms with van der Waals surface area (Å²) >= 11 is 0. The van der Waals surface area contributed by atoms with E-state index < -0.39 is 0 Å². The van der Waals surface area contributed by atoms with Gasteiger partial charge >= 0.3 is 0 Å². The van der Waals surface area contributed by atoms with Crippen LogP contribution in [-0.4, -0.2) is 48.6 Å². The van der Waals surface area contributed by atoms with E-state index in [1.807, 2.05) is 24.1 Å². The van der Waals surface area contributed by atoms with Crippen molar-refractivity contribution in [1.82, 2.24) is 9.97 Å². The standard InChI is InChI=1S/C19H25N5O2/c1-19(6-7-19)26-13-4-5-15(20)14(10-13)18(21)16-11-17(23-12-22-16)24(2)8-9-25-3/h4-5,10-12,21H,6-9,20H2,1-3H3. The third-order valence-electron chi connectivity index (χ3n) is 4.54. The Balaban J connectivity index is 1.83. The molecule has 7 nitrogen and oxygen atoms in total. The highest BCUT2D eigenvalue weighted by molar-refractivity contribution is 6.13. The van der Waals surface area contributed by atoms with Gasteiger partial charge in [-0.3, -0.25) is 5.41 Å². The molecule has 26 heavy (non-hydrogen) atoms. The summed E-state index contributed by atoms with van der Waals surface area (Å²) in [5, 5.41) is 8.56. The minimum Gasteiger partial charge on any atom is -0.488 e. The van der Waals surface area contributed by atoms with Crippen molar-refractivity contribution >= 4 is 17.2 Å². The number of nitrogens with two attached hydrogens (primary N) is 1. The van der Waals surface area contributed by atoms with Gasteiger partial charge in [-0.25, -0.2) is 9.97 Å². The average Bonchev–Trinajstić information content (AvgIpc) is 3.37. The molecule has 7 heteroatoms. The monoisotopic (exact) mass is 355 g/mol. The first kappa shape index (κ1) is 18.1. The molecule has 1 heterocycles. The molecule has 1 aromatic heterocycles. The summed E-state index contributed by atoms with van der Waals surface area (Å²) < 4.78 is 11.1. The van der Waals surface area contributed by atoms with Gasteiger partial charge in [-0.1, -0.05) is 0 Å². The number of methoxy groups -OCH3 is 1. The predicted octanol–water partition coefficient (Wildman–Crippen LogP) is 2.49. The Morgan fingerprint density at radius 2 is 2.08 bits per heavy atom. The zero-order valence-corrected chi connectivity index (χ0v) is 15.5. The lowest BCUT2D eigenvalue weighted by Crippen LogP contribution is -2.23. The van der Waals surface area contributed by atoms with Crippen LogP contribution in [0.15, 0.2) is 30.6 Å². The zero-order chi connectivity index (χ0) is 18.7. The lowest BCUT2D eigenvalue weighted by molar-refractivity contribution is 0.200. The minimum atomic E-state index is -0.0816. The summed E-state index contributed by atoms with van der Waals surface area (Å²) in [5.41, 5.74) is 7.92. The van der Waals surface area contributed by atoms with Crippen molar-refractivity contribution in [2.75, 3.05) is 37.9 Å². The van der Waals surface area contributed by atoms with Crippen molar-refractivity contribution < 1.29 is 9.47 Å². The third-order valence-corrected chi connectivity index (χ3v) is 4.54. The molecular formula is C19H25N5O2. The van der Waals surface area contributed by atoms with Gasteiger partial charge in [0.15, 0.2) is 0 Å². The second kappa shape index (κ2) is 7.29. The molecule has 0 radical (unpaired) electrons. The lowest BCUT2D eigenvalue weighted by Gasteiger charge is -2.18. The fraction of sp³-hybridized carbons (Fsp3) is 0.421. The molecule has 0 bridgehead atoms. The maximum absolute atomic E-state index is 8.56. The van der Waals surface area contributed by atoms with Gasteiger partial charge in [-0.2, -0.15) is 0 Å². The van der Waals surface area contributed by atoms with Crippen molar-refractivity contribution in [3.05, 3.63) is 41.9 Å². The summed E-state index contributed by atoms with van der Waals surface area (Å²) in [6, 6.07) is 7.22. The summed E-state index contributed by atoms with van der Waals surface area (Å²) in [6.07, 6.45) is 3.56. The number of anilines is 2. The van der Waals surface area contributed by atoms with Gasteiger partial charge in [-0.05, 0) is 38.0 Å². The Morgan fingerprint density at radius 3 is 2.77 bits per heavy atom. The van der Waals surface area contributed by atoms with Crippen LogP contribution in [0.25, 0.3) is 0 Å². The van der Waals surface area contributed by atoms with Crippen molar-refractivity contribution in [2.24, 2.45) is 0 Å². The number of nitrogens with one attached hydrogen (secondary N) is 1. The maximum atomic E-state index is 8.56. The summed E-state index contributed by atoms with van der Waals surface area (Å²) in [7, 11) is 3.59. The van der Waals surface area contributed by atoms with Crippen molar-refractivity contribution in [2.45, 2.75) is 25.4 Å². The Kier molecular flexibility index (Phi) is 5.08. The second-order valence-electron chi connectivity index (χ2n) is 6.85. The van der Waals surface area contributed by atoms with Gasteiger partial charge in [0.1, 0.15) is 23.5 Å². The Hall–Kier alpha value is -2.67. The number of ether oxygens (including phenoxy) is 2. The van der Waals surface area contributed by atoms with Crippen LogP contribution in [0, 0.1) is 5.41 Å². The fourth-order valence-electron chi connectivity index (χ4n) is 2.55. The van der Waals surface area contributed by atoms with Crippen molar-refractivity contribution in [3.8, 4) is 5.75 Å². The van der Waals surface area contributed by atoms with Gasteiger partial charge < -0.3 is 20.1 Å². The van der Waals surface area contributed by atoms with E-state index >= 15 is 0 Å². The molecule has 0 atom stereocenters. The molecule has 1 aromatic carbocycles. The van der Waals surface area contributed by atoms with Crippen LogP contribution in [0.3, 0.4) is 0 Å². The molecule has 3 N–H and O–H groups in total. The number of aromatic nitrogens is 2. The van der Waals surface area contributed by atoms with Crippen LogP contribution in [0.5, 0.6) is 5.75 Å². The van der Waals surface area contributed by atoms with Gasteiger partial charge in [-0.15, -0.1) is 0 Å². The number of likely N-dealkylation sites (N-methyl/N-ethyl adjacent to an activating group) is 1. The molecule has 1 aliphatic carbocycles. The molecule has 1 saturated carbocycles. The van der Waals surface area contributed by atoms with Crippen LogP contribution in [0.2, 0.25) is 0 Å². The molecule has 3 rings (SSSR count). The van der Waals surface area contributed by atoms with Crippen LogP contribution in [0.1, 0.15) is 31.0 Å². The quantitative estimate of drug-likeness (QED) is 0.558. The number of benzene rings is 1. The Labute approximate surface area is 153 Å². The highest BCUT2D eigenvalue weighted by Crippen LogP contribution is 2.40. The first-order valence-corrected chi connectivity index (χ1v) is 8.62. The third kappa shape index (κ3) is 4.11. The van der Waals surface area contributed by atoms with Gasteiger partial charge in [0.05, 0.1) is 18.0 Å². The molecule has 1 aliphatic rings. The molecule has 0 saturated heterocycles. The molecule has 0 unspecified atom stereocenters. The van der Waals surface area contributed by atoms with Gasteiger partial charge in [0, 0.05) is 38.0 Å². The highest BCUT2D eigenvalue weighted by atomic mass is 16.5. The zero-order valence-electron chi connectivity index (χ0n) is 15.5. The van der Waals surface area contributed by atoms with Gasteiger partial charge in [0.25, 0.3) is 0 Å². The average molecular weight is 355 g/mol. The summed E-state index contributed by atoms with van der Waals surface area (Å²) in [5.74, 6) is 1.46. The lowest BCUT2D eigenvalue weighted by atomic mass is 10.0. The van der Waals surface area contributed by atoms with E-state index in [-0.39, 0.29) is 11.3 Å². The topological polar surface area (TPSA) is 97.3 Å². The van der Waals surface area contributed by atoms with Crippen LogP contribution < -0.4 is 15.4 Å². The van der Waals surface area contributed by atoms with Crippen molar-refractivity contribution in [3.63, 3.8) is 0 Å². The van der Waals surface area contributed by atoms with E-state index in [0.717, 1.165) is 24.4 Å². The summed E-state index contributed by atoms with van der Waals surface area (Å²) in [4.78, 5) is 10.5. The maximum Gasteiger partial charge on any atom is 0.132 e. The van der Waals surface area contributed by atoms with E-state index in [9.17, 15) is 0 Å². The van der Waals surface area contributed by atoms with E-state index in [1.165, 1.54) is 6.33 Å². The summed E-state index contributed by atoms with van der Waals surface area (Å²) in [6.45, 7) is 3.38. The minimum absolute atomic E-state index is 0.0816. The number of hydrogen-bond acceptors (Lipinski definition) is 7. The smallest absolute Gasteiger partial charge is 0.132 e. The van der Waals surface area contributed by atoms with Crippen molar-refractivity contribution in [1.29, 1.82) is 5.41 Å². The van der Waals surface area contributed by atoms with E-state index in [4.69, 9.17) is 20.6 Å². The van der Waals surface area contributed by atoms with Crippen LogP contribution >= 0.6 is 0 Å². The van der Waals surface area contributed by atoms with Crippen LogP contribution in [-0.2, 0) is 4.74 Å². The Morgan fingerprint density at radius 1 is 1.31 bits per heavy atom. The molecule has 2 aromatic rings. The molecule has 0 aliphatic heterocycles. The second-order valence-corrected chi connectivity index (χ2v) is 6.85. The highest BCUT2D eigenvalue weighted by Gasteiger charge is 2.40. The largest absolute Gasteiger partial charge is 0.488 e. The number of hydrogen-bond donors (Lipinski definition) is 2. The SMILES string of the molecule is COCCN(C)c1cc(C(=N)c2cc(OC3(C)CC3)ccc2N)ncn1. The van der Waals surface area contributed by atoms with Crippen LogP contribution in [0.4, 0.5) is 11.5 Å². The molecular weight excluding hydrogens is 330 g/mol.